The van der Waals surface area contributed by atoms with Crippen molar-refractivity contribution >= 4 is 11.9 Å². The summed E-state index contributed by atoms with van der Waals surface area (Å²) in [5.41, 5.74) is 0.542. The van der Waals surface area contributed by atoms with Crippen LogP contribution in [0.4, 0.5) is 0 Å². The first-order valence-electron chi connectivity index (χ1n) is 6.65. The molecule has 0 aliphatic heterocycles. The third-order valence-corrected chi connectivity index (χ3v) is 2.72. The number of esters is 1. The molecule has 1 aromatic carbocycles. The minimum absolute atomic E-state index is 0.185. The number of carbonyl (C=O) groups excluding carboxylic acids is 1. The predicted octanol–water partition coefficient (Wildman–Crippen LogP) is 2.53. The van der Waals surface area contributed by atoms with Gasteiger partial charge >= 0.3 is 11.9 Å². The summed E-state index contributed by atoms with van der Waals surface area (Å²) in [6.45, 7) is 5.20. The smallest absolute Gasteiger partial charge is 0.307 e. The lowest BCUT2D eigenvalue weighted by molar-refractivity contribution is -0.159. The van der Waals surface area contributed by atoms with Crippen LogP contribution in [0.5, 0.6) is 0 Å². The van der Waals surface area contributed by atoms with Crippen molar-refractivity contribution in [1.29, 1.82) is 5.26 Å². The van der Waals surface area contributed by atoms with Crippen LogP contribution in [-0.2, 0) is 20.7 Å². The number of carboxylic acids is 1. The Bertz CT molecular complexity index is 566. The molecule has 0 aliphatic carbocycles. The molecule has 5 nitrogen and oxygen atoms in total. The minimum Gasteiger partial charge on any atom is -0.481 e. The molecule has 1 aromatic rings. The fraction of sp³-hybridized carbons (Fsp3) is 0.438. The van der Waals surface area contributed by atoms with E-state index in [0.29, 0.717) is 11.1 Å². The van der Waals surface area contributed by atoms with Gasteiger partial charge in [-0.15, -0.1) is 0 Å². The van der Waals surface area contributed by atoms with E-state index in [2.05, 4.69) is 0 Å². The van der Waals surface area contributed by atoms with Crippen molar-refractivity contribution in [1.82, 2.24) is 0 Å². The molecular weight excluding hydrogens is 270 g/mol. The average Bonchev–Trinajstić information content (AvgIpc) is 2.36. The van der Waals surface area contributed by atoms with Crippen LogP contribution in [0.3, 0.4) is 0 Å². The summed E-state index contributed by atoms with van der Waals surface area (Å²) < 4.78 is 5.15. The van der Waals surface area contributed by atoms with Crippen molar-refractivity contribution in [2.24, 2.45) is 5.92 Å². The molecule has 0 aliphatic rings. The van der Waals surface area contributed by atoms with E-state index in [1.165, 1.54) is 0 Å². The number of carboxylic acid groups (broad SMARTS) is 1. The Kier molecular flexibility index (Phi) is 5.48. The third-order valence-electron chi connectivity index (χ3n) is 2.72. The van der Waals surface area contributed by atoms with E-state index < -0.39 is 23.5 Å². The molecule has 0 saturated carbocycles. The van der Waals surface area contributed by atoms with Crippen LogP contribution in [0.25, 0.3) is 0 Å². The largest absolute Gasteiger partial charge is 0.481 e. The third kappa shape index (κ3) is 6.09. The number of carbonyl (C=O) groups is 2. The maximum Gasteiger partial charge on any atom is 0.307 e. The zero-order valence-electron chi connectivity index (χ0n) is 12.4. The first kappa shape index (κ1) is 16.7. The number of hydrogen-bond donors (Lipinski definition) is 1. The van der Waals surface area contributed by atoms with Gasteiger partial charge in [0.25, 0.3) is 0 Å². The molecule has 0 unspecified atom stereocenters. The number of nitriles is 1. The second kappa shape index (κ2) is 6.89. The molecule has 0 aromatic heterocycles. The Labute approximate surface area is 124 Å². The molecular formula is C16H19NO4. The van der Waals surface area contributed by atoms with Gasteiger partial charge in [0.1, 0.15) is 5.60 Å². The maximum atomic E-state index is 11.7. The van der Waals surface area contributed by atoms with Gasteiger partial charge in [0.15, 0.2) is 0 Å². The summed E-state index contributed by atoms with van der Waals surface area (Å²) in [5.74, 6) is -2.46. The van der Waals surface area contributed by atoms with Crippen molar-refractivity contribution in [2.45, 2.75) is 39.2 Å². The van der Waals surface area contributed by atoms with Crippen molar-refractivity contribution < 1.29 is 19.4 Å². The van der Waals surface area contributed by atoms with Crippen LogP contribution in [0.2, 0.25) is 0 Å². The van der Waals surface area contributed by atoms with Crippen LogP contribution < -0.4 is 0 Å². The van der Waals surface area contributed by atoms with Crippen LogP contribution in [0.15, 0.2) is 24.3 Å². The molecule has 0 spiro atoms. The highest BCUT2D eigenvalue weighted by Gasteiger charge is 2.25. The van der Waals surface area contributed by atoms with Crippen molar-refractivity contribution in [2.75, 3.05) is 0 Å². The molecule has 21 heavy (non-hydrogen) atoms. The number of ether oxygens (including phenoxy) is 1. The first-order valence-corrected chi connectivity index (χ1v) is 6.65. The lowest BCUT2D eigenvalue weighted by Crippen LogP contribution is -2.28. The lowest BCUT2D eigenvalue weighted by atomic mass is 9.95. The zero-order valence-corrected chi connectivity index (χ0v) is 12.4. The molecule has 1 atom stereocenters. The van der Waals surface area contributed by atoms with E-state index in [1.54, 1.807) is 45.0 Å². The Morgan fingerprint density at radius 3 is 2.57 bits per heavy atom. The molecule has 0 amide bonds. The Balaban J connectivity index is 2.77. The molecule has 1 N–H and O–H groups in total. The van der Waals surface area contributed by atoms with Gasteiger partial charge in [-0.2, -0.15) is 5.26 Å². The van der Waals surface area contributed by atoms with Gasteiger partial charge in [-0.05, 0) is 44.9 Å². The highest BCUT2D eigenvalue weighted by atomic mass is 16.6. The SMILES string of the molecule is CC(C)(C)OC(=O)C[C@H](Cc1cccc(C#N)c1)C(=O)O. The number of rotatable bonds is 5. The van der Waals surface area contributed by atoms with E-state index in [0.717, 1.165) is 0 Å². The summed E-state index contributed by atoms with van der Waals surface area (Å²) in [7, 11) is 0. The summed E-state index contributed by atoms with van der Waals surface area (Å²) >= 11 is 0. The van der Waals surface area contributed by atoms with Gasteiger partial charge in [0.2, 0.25) is 0 Å². The monoisotopic (exact) mass is 289 g/mol. The molecule has 0 heterocycles. The standard InChI is InChI=1S/C16H19NO4/c1-16(2,3)21-14(18)9-13(15(19)20)8-11-5-4-6-12(7-11)10-17/h4-7,13H,8-9H2,1-3H3,(H,19,20)/t13-/m0/s1. The van der Waals surface area contributed by atoms with E-state index in [4.69, 9.17) is 10.00 Å². The number of benzene rings is 1. The molecule has 1 rings (SSSR count). The zero-order chi connectivity index (χ0) is 16.0. The topological polar surface area (TPSA) is 87.4 Å². The number of aliphatic carboxylic acids is 1. The van der Waals surface area contributed by atoms with Crippen molar-refractivity contribution in [3.63, 3.8) is 0 Å². The molecule has 0 saturated heterocycles. The van der Waals surface area contributed by atoms with Gasteiger partial charge in [0.05, 0.1) is 24.0 Å². The average molecular weight is 289 g/mol. The van der Waals surface area contributed by atoms with Gasteiger partial charge < -0.3 is 9.84 Å². The van der Waals surface area contributed by atoms with E-state index in [-0.39, 0.29) is 12.8 Å². The van der Waals surface area contributed by atoms with Gasteiger partial charge in [-0.3, -0.25) is 9.59 Å². The van der Waals surface area contributed by atoms with Gasteiger partial charge in [0, 0.05) is 0 Å². The van der Waals surface area contributed by atoms with Crippen molar-refractivity contribution in [3.8, 4) is 6.07 Å². The fourth-order valence-corrected chi connectivity index (χ4v) is 1.88. The summed E-state index contributed by atoms with van der Waals surface area (Å²) in [6.07, 6.45) is -0.00647. The van der Waals surface area contributed by atoms with Crippen LogP contribution in [0.1, 0.15) is 38.3 Å². The molecule has 112 valence electrons. The maximum absolute atomic E-state index is 11.7. The molecule has 0 radical (unpaired) electrons. The second-order valence-corrected chi connectivity index (χ2v) is 5.84. The molecule has 5 heteroatoms. The predicted molar refractivity (Wildman–Crippen MR) is 76.4 cm³/mol. The minimum atomic E-state index is -1.05. The Morgan fingerprint density at radius 1 is 1.38 bits per heavy atom. The van der Waals surface area contributed by atoms with E-state index in [1.807, 2.05) is 6.07 Å². The van der Waals surface area contributed by atoms with Gasteiger partial charge in [-0.1, -0.05) is 12.1 Å². The van der Waals surface area contributed by atoms with Gasteiger partial charge in [-0.25, -0.2) is 0 Å². The highest BCUT2D eigenvalue weighted by molar-refractivity contribution is 5.79. The van der Waals surface area contributed by atoms with Crippen LogP contribution in [0, 0.1) is 17.2 Å². The van der Waals surface area contributed by atoms with E-state index in [9.17, 15) is 14.7 Å². The normalized spacial score (nSPS) is 12.3. The number of nitrogens with zero attached hydrogens (tertiary/aromatic N) is 1. The Hall–Kier alpha value is -2.35. The Morgan fingerprint density at radius 2 is 2.05 bits per heavy atom. The summed E-state index contributed by atoms with van der Waals surface area (Å²) in [6, 6.07) is 8.72. The summed E-state index contributed by atoms with van der Waals surface area (Å²) in [4.78, 5) is 23.0. The second-order valence-electron chi connectivity index (χ2n) is 5.84. The van der Waals surface area contributed by atoms with Crippen molar-refractivity contribution in [3.05, 3.63) is 35.4 Å². The molecule has 0 bridgehead atoms. The van der Waals surface area contributed by atoms with Crippen LogP contribution in [-0.4, -0.2) is 22.6 Å². The quantitative estimate of drug-likeness (QED) is 0.841. The highest BCUT2D eigenvalue weighted by Crippen LogP contribution is 2.17. The van der Waals surface area contributed by atoms with E-state index >= 15 is 0 Å². The molecule has 0 fully saturated rings. The first-order chi connectivity index (χ1) is 9.71. The summed E-state index contributed by atoms with van der Waals surface area (Å²) in [5, 5.41) is 18.1. The lowest BCUT2D eigenvalue weighted by Gasteiger charge is -2.21. The fourth-order valence-electron chi connectivity index (χ4n) is 1.88. The van der Waals surface area contributed by atoms with Crippen LogP contribution >= 0.6 is 0 Å². The number of hydrogen-bond acceptors (Lipinski definition) is 4.